The van der Waals surface area contributed by atoms with Crippen molar-refractivity contribution in [3.63, 3.8) is 0 Å². The number of sulfonamides is 1. The van der Waals surface area contributed by atoms with Crippen molar-refractivity contribution in [3.05, 3.63) is 22.7 Å². The summed E-state index contributed by atoms with van der Waals surface area (Å²) in [6.07, 6.45) is 0. The Kier molecular flexibility index (Phi) is 5.38. The molecule has 0 bridgehead atoms. The summed E-state index contributed by atoms with van der Waals surface area (Å²) >= 11 is 3.24. The fourth-order valence-corrected chi connectivity index (χ4v) is 2.92. The second-order valence-electron chi connectivity index (χ2n) is 3.33. The van der Waals surface area contributed by atoms with E-state index in [0.717, 1.165) is 0 Å². The van der Waals surface area contributed by atoms with E-state index in [1.807, 2.05) is 0 Å². The maximum Gasteiger partial charge on any atom is 0.240 e. The lowest BCUT2D eigenvalue weighted by molar-refractivity contribution is 0.413. The molecule has 0 spiro atoms. The van der Waals surface area contributed by atoms with Crippen LogP contribution >= 0.6 is 15.9 Å². The lowest BCUT2D eigenvalue weighted by Gasteiger charge is -2.08. The molecule has 96 valence electrons. The van der Waals surface area contributed by atoms with Gasteiger partial charge < -0.3 is 10.1 Å². The Morgan fingerprint density at radius 3 is 2.59 bits per heavy atom. The SMILES string of the molecule is CNCCNS(=O)(=O)c1cc(Br)cc(OC)c1. The fraction of sp³-hybridized carbons (Fsp3) is 0.400. The summed E-state index contributed by atoms with van der Waals surface area (Å²) in [5, 5.41) is 2.86. The van der Waals surface area contributed by atoms with Crippen LogP contribution in [0.5, 0.6) is 5.75 Å². The van der Waals surface area contributed by atoms with Crippen LogP contribution in [0.15, 0.2) is 27.6 Å². The molecule has 0 amide bonds. The molecule has 1 aromatic carbocycles. The lowest BCUT2D eigenvalue weighted by Crippen LogP contribution is -2.30. The summed E-state index contributed by atoms with van der Waals surface area (Å²) in [5.41, 5.74) is 0. The van der Waals surface area contributed by atoms with Crippen molar-refractivity contribution in [3.8, 4) is 5.75 Å². The summed E-state index contributed by atoms with van der Waals surface area (Å²) in [4.78, 5) is 0.180. The lowest BCUT2D eigenvalue weighted by atomic mass is 10.3. The molecule has 0 unspecified atom stereocenters. The highest BCUT2D eigenvalue weighted by atomic mass is 79.9. The molecule has 0 saturated heterocycles. The largest absolute Gasteiger partial charge is 0.497 e. The molecular weight excluding hydrogens is 308 g/mol. The van der Waals surface area contributed by atoms with Gasteiger partial charge in [-0.15, -0.1) is 0 Å². The molecule has 0 aliphatic rings. The number of benzene rings is 1. The molecule has 0 aliphatic carbocycles. The topological polar surface area (TPSA) is 67.4 Å². The average Bonchev–Trinajstić information content (AvgIpc) is 2.28. The summed E-state index contributed by atoms with van der Waals surface area (Å²) in [6, 6.07) is 4.71. The third kappa shape index (κ3) is 4.27. The van der Waals surface area contributed by atoms with Gasteiger partial charge in [0.25, 0.3) is 0 Å². The van der Waals surface area contributed by atoms with Crippen LogP contribution in [0.25, 0.3) is 0 Å². The fourth-order valence-electron chi connectivity index (χ4n) is 1.20. The van der Waals surface area contributed by atoms with Crippen LogP contribution in [-0.2, 0) is 10.0 Å². The van der Waals surface area contributed by atoms with Crippen molar-refractivity contribution >= 4 is 26.0 Å². The van der Waals surface area contributed by atoms with E-state index in [4.69, 9.17) is 4.74 Å². The second kappa shape index (κ2) is 6.34. The summed E-state index contributed by atoms with van der Waals surface area (Å²) in [6.45, 7) is 0.915. The predicted octanol–water partition coefficient (Wildman–Crippen LogP) is 0.955. The maximum absolute atomic E-state index is 11.9. The second-order valence-corrected chi connectivity index (χ2v) is 6.01. The molecule has 17 heavy (non-hydrogen) atoms. The van der Waals surface area contributed by atoms with Gasteiger partial charge in [-0.1, -0.05) is 15.9 Å². The molecule has 0 aliphatic heterocycles. The van der Waals surface area contributed by atoms with Gasteiger partial charge in [0, 0.05) is 23.6 Å². The molecule has 0 heterocycles. The molecule has 7 heteroatoms. The van der Waals surface area contributed by atoms with E-state index in [1.165, 1.54) is 19.2 Å². The van der Waals surface area contributed by atoms with Crippen LogP contribution in [0.3, 0.4) is 0 Å². The van der Waals surface area contributed by atoms with Gasteiger partial charge in [-0.05, 0) is 19.2 Å². The molecular formula is C10H15BrN2O3S. The highest BCUT2D eigenvalue weighted by Crippen LogP contribution is 2.23. The van der Waals surface area contributed by atoms with Crippen molar-refractivity contribution in [1.82, 2.24) is 10.0 Å². The van der Waals surface area contributed by atoms with E-state index in [2.05, 4.69) is 26.0 Å². The van der Waals surface area contributed by atoms with Gasteiger partial charge in [-0.3, -0.25) is 0 Å². The van der Waals surface area contributed by atoms with Crippen molar-refractivity contribution < 1.29 is 13.2 Å². The predicted molar refractivity (Wildman–Crippen MR) is 69.8 cm³/mol. The number of nitrogens with one attached hydrogen (secondary N) is 2. The van der Waals surface area contributed by atoms with Crippen LogP contribution in [0.1, 0.15) is 0 Å². The first kappa shape index (κ1) is 14.4. The summed E-state index contributed by atoms with van der Waals surface area (Å²) in [7, 11) is -0.235. The van der Waals surface area contributed by atoms with E-state index in [0.29, 0.717) is 23.3 Å². The van der Waals surface area contributed by atoms with Crippen molar-refractivity contribution in [2.75, 3.05) is 27.2 Å². The standard InChI is InChI=1S/C10H15BrN2O3S/c1-12-3-4-13-17(14,15)10-6-8(11)5-9(7-10)16-2/h5-7,12-13H,3-4H2,1-2H3. The summed E-state index contributed by atoms with van der Waals surface area (Å²) < 4.78 is 32.0. The number of hydrogen-bond donors (Lipinski definition) is 2. The zero-order valence-corrected chi connectivity index (χ0v) is 12.1. The first-order valence-corrected chi connectivity index (χ1v) is 7.26. The molecule has 2 N–H and O–H groups in total. The third-order valence-electron chi connectivity index (χ3n) is 2.06. The quantitative estimate of drug-likeness (QED) is 0.765. The van der Waals surface area contributed by atoms with E-state index < -0.39 is 10.0 Å². The zero-order valence-electron chi connectivity index (χ0n) is 9.66. The highest BCUT2D eigenvalue weighted by Gasteiger charge is 2.15. The van der Waals surface area contributed by atoms with Crippen LogP contribution < -0.4 is 14.8 Å². The van der Waals surface area contributed by atoms with Gasteiger partial charge in [-0.25, -0.2) is 13.1 Å². The van der Waals surface area contributed by atoms with E-state index >= 15 is 0 Å². The monoisotopic (exact) mass is 322 g/mol. The van der Waals surface area contributed by atoms with Gasteiger partial charge in [0.1, 0.15) is 5.75 Å². The Hall–Kier alpha value is -0.630. The van der Waals surface area contributed by atoms with Crippen molar-refractivity contribution in [1.29, 1.82) is 0 Å². The minimum atomic E-state index is -3.49. The summed E-state index contributed by atoms with van der Waals surface area (Å²) in [5.74, 6) is 0.494. The highest BCUT2D eigenvalue weighted by molar-refractivity contribution is 9.10. The van der Waals surface area contributed by atoms with Gasteiger partial charge in [-0.2, -0.15) is 0 Å². The molecule has 0 radical (unpaired) electrons. The smallest absolute Gasteiger partial charge is 0.240 e. The average molecular weight is 323 g/mol. The molecule has 0 atom stereocenters. The number of methoxy groups -OCH3 is 1. The first-order chi connectivity index (χ1) is 7.99. The number of ether oxygens (including phenoxy) is 1. The van der Waals surface area contributed by atoms with E-state index in [-0.39, 0.29) is 4.90 Å². The van der Waals surface area contributed by atoms with E-state index in [9.17, 15) is 8.42 Å². The van der Waals surface area contributed by atoms with Crippen LogP contribution in [-0.4, -0.2) is 35.7 Å². The van der Waals surface area contributed by atoms with Crippen LogP contribution in [0.4, 0.5) is 0 Å². The molecule has 1 aromatic rings. The molecule has 0 fully saturated rings. The first-order valence-electron chi connectivity index (χ1n) is 4.98. The minimum Gasteiger partial charge on any atom is -0.497 e. The molecule has 1 rings (SSSR count). The minimum absolute atomic E-state index is 0.180. The van der Waals surface area contributed by atoms with Crippen molar-refractivity contribution in [2.45, 2.75) is 4.90 Å². The third-order valence-corrected chi connectivity index (χ3v) is 3.96. The van der Waals surface area contributed by atoms with Crippen molar-refractivity contribution in [2.24, 2.45) is 0 Å². The Morgan fingerprint density at radius 2 is 2.00 bits per heavy atom. The Labute approximate surface area is 110 Å². The van der Waals surface area contributed by atoms with Gasteiger partial charge >= 0.3 is 0 Å². The van der Waals surface area contributed by atoms with Crippen LogP contribution in [0.2, 0.25) is 0 Å². The van der Waals surface area contributed by atoms with Gasteiger partial charge in [0.2, 0.25) is 10.0 Å². The van der Waals surface area contributed by atoms with Gasteiger partial charge in [0.15, 0.2) is 0 Å². The Morgan fingerprint density at radius 1 is 1.29 bits per heavy atom. The maximum atomic E-state index is 11.9. The normalized spacial score (nSPS) is 11.5. The number of likely N-dealkylation sites (N-methyl/N-ethyl adjacent to an activating group) is 1. The van der Waals surface area contributed by atoms with E-state index in [1.54, 1.807) is 13.1 Å². The molecule has 0 aromatic heterocycles. The van der Waals surface area contributed by atoms with Gasteiger partial charge in [0.05, 0.1) is 12.0 Å². The van der Waals surface area contributed by atoms with Crippen LogP contribution in [0, 0.1) is 0 Å². The number of hydrogen-bond acceptors (Lipinski definition) is 4. The molecule has 5 nitrogen and oxygen atoms in total. The Balaban J connectivity index is 2.94. The number of halogens is 1. The zero-order chi connectivity index (χ0) is 12.9. The molecule has 0 saturated carbocycles. The Bertz CT molecular complexity index is 476. The number of rotatable bonds is 6.